The molecule has 0 aliphatic carbocycles. The standard InChI is InChI=1S/C20H20Br2O5/c1-4-25-19(23)13-6-8-18(16(22)9-13)27-20(24)14-5-7-17(15(21)10-14)26-11-12(2)3/h5-10,12H,4,11H2,1-3H3. The van der Waals surface area contributed by atoms with E-state index in [4.69, 9.17) is 14.2 Å². The molecule has 0 aromatic heterocycles. The number of hydrogen-bond donors (Lipinski definition) is 0. The highest BCUT2D eigenvalue weighted by atomic mass is 79.9. The van der Waals surface area contributed by atoms with Crippen molar-refractivity contribution in [3.63, 3.8) is 0 Å². The van der Waals surface area contributed by atoms with Crippen molar-refractivity contribution in [1.82, 2.24) is 0 Å². The van der Waals surface area contributed by atoms with Gasteiger partial charge in [-0.15, -0.1) is 0 Å². The van der Waals surface area contributed by atoms with Crippen LogP contribution in [0.2, 0.25) is 0 Å². The summed E-state index contributed by atoms with van der Waals surface area (Å²) in [4.78, 5) is 24.2. The molecule has 0 amide bonds. The Balaban J connectivity index is 2.10. The fraction of sp³-hybridized carbons (Fsp3) is 0.300. The van der Waals surface area contributed by atoms with E-state index in [1.807, 2.05) is 0 Å². The van der Waals surface area contributed by atoms with Gasteiger partial charge in [0, 0.05) is 0 Å². The third kappa shape index (κ3) is 6.07. The SMILES string of the molecule is CCOC(=O)c1ccc(OC(=O)c2ccc(OCC(C)C)c(Br)c2)c(Br)c1. The smallest absolute Gasteiger partial charge is 0.343 e. The summed E-state index contributed by atoms with van der Waals surface area (Å²) in [5.41, 5.74) is 0.748. The summed E-state index contributed by atoms with van der Waals surface area (Å²) in [7, 11) is 0. The Morgan fingerprint density at radius 3 is 2.00 bits per heavy atom. The Labute approximate surface area is 175 Å². The molecule has 0 aliphatic heterocycles. The molecular formula is C20H20Br2O5. The van der Waals surface area contributed by atoms with Gasteiger partial charge in [0.1, 0.15) is 11.5 Å². The van der Waals surface area contributed by atoms with Crippen LogP contribution in [0.5, 0.6) is 11.5 Å². The average molecular weight is 500 g/mol. The van der Waals surface area contributed by atoms with Crippen LogP contribution >= 0.6 is 31.9 Å². The quantitative estimate of drug-likeness (QED) is 0.364. The van der Waals surface area contributed by atoms with Gasteiger partial charge in [-0.1, -0.05) is 13.8 Å². The lowest BCUT2D eigenvalue weighted by atomic mass is 10.2. The lowest BCUT2D eigenvalue weighted by Crippen LogP contribution is -2.10. The van der Waals surface area contributed by atoms with Crippen molar-refractivity contribution >= 4 is 43.8 Å². The van der Waals surface area contributed by atoms with E-state index in [1.54, 1.807) is 43.3 Å². The summed E-state index contributed by atoms with van der Waals surface area (Å²) in [6.45, 7) is 6.73. The number of carbonyl (C=O) groups is 2. The van der Waals surface area contributed by atoms with E-state index in [0.717, 1.165) is 0 Å². The van der Waals surface area contributed by atoms with Crippen LogP contribution in [0.3, 0.4) is 0 Å². The second kappa shape index (κ2) is 9.90. The molecule has 5 nitrogen and oxygen atoms in total. The molecule has 0 saturated heterocycles. The van der Waals surface area contributed by atoms with E-state index in [1.165, 1.54) is 0 Å². The topological polar surface area (TPSA) is 61.8 Å². The van der Waals surface area contributed by atoms with Gasteiger partial charge in [-0.05, 0) is 81.1 Å². The predicted octanol–water partition coefficient (Wildman–Crippen LogP) is 5.64. The van der Waals surface area contributed by atoms with Crippen molar-refractivity contribution in [2.75, 3.05) is 13.2 Å². The molecule has 0 radical (unpaired) electrons. The zero-order chi connectivity index (χ0) is 20.0. The second-order valence-electron chi connectivity index (χ2n) is 6.11. The number of rotatable bonds is 7. The summed E-state index contributed by atoms with van der Waals surface area (Å²) >= 11 is 6.73. The highest BCUT2D eigenvalue weighted by Crippen LogP contribution is 2.29. The van der Waals surface area contributed by atoms with E-state index < -0.39 is 11.9 Å². The molecule has 0 fully saturated rings. The van der Waals surface area contributed by atoms with Crippen molar-refractivity contribution < 1.29 is 23.8 Å². The molecule has 0 saturated carbocycles. The van der Waals surface area contributed by atoms with Crippen molar-refractivity contribution in [2.45, 2.75) is 20.8 Å². The van der Waals surface area contributed by atoms with Crippen molar-refractivity contribution in [1.29, 1.82) is 0 Å². The van der Waals surface area contributed by atoms with Gasteiger partial charge < -0.3 is 14.2 Å². The molecule has 2 aromatic carbocycles. The number of halogens is 2. The third-order valence-corrected chi connectivity index (χ3v) is 4.62. The van der Waals surface area contributed by atoms with Crippen LogP contribution in [0.4, 0.5) is 0 Å². The number of hydrogen-bond acceptors (Lipinski definition) is 5. The minimum Gasteiger partial charge on any atom is -0.492 e. The fourth-order valence-corrected chi connectivity index (χ4v) is 3.04. The van der Waals surface area contributed by atoms with Crippen LogP contribution in [0, 0.1) is 5.92 Å². The molecular weight excluding hydrogens is 480 g/mol. The van der Waals surface area contributed by atoms with E-state index in [-0.39, 0.29) is 0 Å². The zero-order valence-corrected chi connectivity index (χ0v) is 18.4. The molecule has 0 aliphatic rings. The average Bonchev–Trinajstić information content (AvgIpc) is 2.62. The molecule has 27 heavy (non-hydrogen) atoms. The normalized spacial score (nSPS) is 10.6. The van der Waals surface area contributed by atoms with Crippen molar-refractivity contribution in [2.24, 2.45) is 5.92 Å². The maximum Gasteiger partial charge on any atom is 0.343 e. The van der Waals surface area contributed by atoms with Gasteiger partial charge in [0.2, 0.25) is 0 Å². The van der Waals surface area contributed by atoms with E-state index in [2.05, 4.69) is 45.7 Å². The summed E-state index contributed by atoms with van der Waals surface area (Å²) in [6, 6.07) is 9.66. The van der Waals surface area contributed by atoms with Crippen molar-refractivity contribution in [3.8, 4) is 11.5 Å². The molecule has 0 bridgehead atoms. The number of esters is 2. The molecule has 2 rings (SSSR count). The van der Waals surface area contributed by atoms with Crippen LogP contribution in [-0.4, -0.2) is 25.2 Å². The molecule has 0 atom stereocenters. The molecule has 0 N–H and O–H groups in total. The minimum atomic E-state index is -0.518. The number of carbonyl (C=O) groups excluding carboxylic acids is 2. The molecule has 144 valence electrons. The Bertz CT molecular complexity index is 833. The van der Waals surface area contributed by atoms with Crippen molar-refractivity contribution in [3.05, 3.63) is 56.5 Å². The molecule has 7 heteroatoms. The van der Waals surface area contributed by atoms with Crippen LogP contribution in [-0.2, 0) is 4.74 Å². The first-order valence-electron chi connectivity index (χ1n) is 8.43. The number of benzene rings is 2. The van der Waals surface area contributed by atoms with Crippen LogP contribution < -0.4 is 9.47 Å². The summed E-state index contributed by atoms with van der Waals surface area (Å²) in [6.07, 6.45) is 0. The largest absolute Gasteiger partial charge is 0.492 e. The van der Waals surface area contributed by atoms with Gasteiger partial charge in [-0.3, -0.25) is 0 Å². The van der Waals surface area contributed by atoms with Gasteiger partial charge >= 0.3 is 11.9 Å². The Hall–Kier alpha value is -1.86. The lowest BCUT2D eigenvalue weighted by molar-refractivity contribution is 0.0526. The first-order chi connectivity index (χ1) is 12.8. The maximum absolute atomic E-state index is 12.4. The van der Waals surface area contributed by atoms with Crippen LogP contribution in [0.25, 0.3) is 0 Å². The van der Waals surface area contributed by atoms with Gasteiger partial charge in [0.05, 0.1) is 33.3 Å². The Morgan fingerprint density at radius 2 is 1.48 bits per heavy atom. The van der Waals surface area contributed by atoms with Gasteiger partial charge in [-0.2, -0.15) is 0 Å². The Kier molecular flexibility index (Phi) is 7.86. The highest BCUT2D eigenvalue weighted by molar-refractivity contribution is 9.10. The zero-order valence-electron chi connectivity index (χ0n) is 15.3. The monoisotopic (exact) mass is 498 g/mol. The third-order valence-electron chi connectivity index (χ3n) is 3.39. The Morgan fingerprint density at radius 1 is 0.926 bits per heavy atom. The molecule has 0 heterocycles. The fourth-order valence-electron chi connectivity index (χ4n) is 2.09. The molecule has 2 aromatic rings. The molecule has 0 spiro atoms. The summed E-state index contributed by atoms with van der Waals surface area (Å²) < 4.78 is 17.2. The van der Waals surface area contributed by atoms with Gasteiger partial charge in [0.25, 0.3) is 0 Å². The first kappa shape index (κ1) is 21.4. The van der Waals surface area contributed by atoms with Crippen LogP contribution in [0.1, 0.15) is 41.5 Å². The van der Waals surface area contributed by atoms with E-state index >= 15 is 0 Å². The van der Waals surface area contributed by atoms with Gasteiger partial charge in [-0.25, -0.2) is 9.59 Å². The second-order valence-corrected chi connectivity index (χ2v) is 7.81. The van der Waals surface area contributed by atoms with E-state index in [9.17, 15) is 9.59 Å². The minimum absolute atomic E-state index is 0.291. The maximum atomic E-state index is 12.4. The first-order valence-corrected chi connectivity index (χ1v) is 10.0. The van der Waals surface area contributed by atoms with Crippen LogP contribution in [0.15, 0.2) is 45.3 Å². The summed E-state index contributed by atoms with van der Waals surface area (Å²) in [5.74, 6) is 0.425. The summed E-state index contributed by atoms with van der Waals surface area (Å²) in [5, 5.41) is 0. The highest BCUT2D eigenvalue weighted by Gasteiger charge is 2.15. The lowest BCUT2D eigenvalue weighted by Gasteiger charge is -2.12. The molecule has 0 unspecified atom stereocenters. The predicted molar refractivity (Wildman–Crippen MR) is 110 cm³/mol. The van der Waals surface area contributed by atoms with Gasteiger partial charge in [0.15, 0.2) is 0 Å². The number of ether oxygens (including phenoxy) is 3. The van der Waals surface area contributed by atoms with E-state index in [0.29, 0.717) is 50.7 Å².